The van der Waals surface area contributed by atoms with E-state index in [4.69, 9.17) is 0 Å². The molecular formula is C23H21N3O3. The average Bonchev–Trinajstić information content (AvgIpc) is 2.74. The van der Waals surface area contributed by atoms with Crippen molar-refractivity contribution >= 4 is 23.3 Å². The van der Waals surface area contributed by atoms with E-state index in [1.807, 2.05) is 30.3 Å². The maximum atomic E-state index is 12.7. The zero-order valence-electron chi connectivity index (χ0n) is 16.3. The van der Waals surface area contributed by atoms with Crippen LogP contribution in [0.15, 0.2) is 72.9 Å². The van der Waals surface area contributed by atoms with Crippen molar-refractivity contribution in [1.82, 2.24) is 9.88 Å². The highest BCUT2D eigenvalue weighted by molar-refractivity contribution is 6.06. The summed E-state index contributed by atoms with van der Waals surface area (Å²) in [7, 11) is 1.69. The van der Waals surface area contributed by atoms with Gasteiger partial charge in [0.1, 0.15) is 5.69 Å². The van der Waals surface area contributed by atoms with Gasteiger partial charge in [-0.25, -0.2) is 0 Å². The molecule has 0 radical (unpaired) electrons. The topological polar surface area (TPSA) is 79.4 Å². The van der Waals surface area contributed by atoms with Crippen molar-refractivity contribution in [2.45, 2.75) is 13.5 Å². The molecule has 6 nitrogen and oxygen atoms in total. The van der Waals surface area contributed by atoms with E-state index in [1.165, 1.54) is 19.2 Å². The van der Waals surface area contributed by atoms with Crippen molar-refractivity contribution in [3.8, 4) is 0 Å². The first kappa shape index (κ1) is 19.9. The molecule has 0 saturated heterocycles. The van der Waals surface area contributed by atoms with Gasteiger partial charge in [-0.15, -0.1) is 0 Å². The van der Waals surface area contributed by atoms with Gasteiger partial charge in [0.15, 0.2) is 5.78 Å². The fourth-order valence-electron chi connectivity index (χ4n) is 2.80. The molecule has 0 aliphatic rings. The Kier molecular flexibility index (Phi) is 6.14. The van der Waals surface area contributed by atoms with Crippen LogP contribution >= 0.6 is 0 Å². The molecule has 0 atom stereocenters. The lowest BCUT2D eigenvalue weighted by molar-refractivity contribution is 0.0779. The second kappa shape index (κ2) is 8.93. The number of Topliss-reactive ketones (excluding diaryl/α,β-unsaturated/α-hetero) is 1. The van der Waals surface area contributed by atoms with Gasteiger partial charge in [-0.05, 0) is 48.9 Å². The van der Waals surface area contributed by atoms with Gasteiger partial charge in [0, 0.05) is 36.6 Å². The third kappa shape index (κ3) is 5.13. The van der Waals surface area contributed by atoms with Crippen molar-refractivity contribution in [2.24, 2.45) is 0 Å². The SMILES string of the molecule is CC(=O)c1ccc(NC(=O)c2ccnc(C(=O)N(C)Cc3ccccc3)c2)cc1. The standard InChI is InChI=1S/C23H21N3O3/c1-16(27)18-8-10-20(11-9-18)25-22(28)19-12-13-24-21(14-19)23(29)26(2)15-17-6-4-3-5-7-17/h3-14H,15H2,1-2H3,(H,25,28). The fraction of sp³-hybridized carbons (Fsp3) is 0.130. The number of pyridine rings is 1. The van der Waals surface area contributed by atoms with E-state index in [2.05, 4.69) is 10.3 Å². The summed E-state index contributed by atoms with van der Waals surface area (Å²) in [6.07, 6.45) is 1.44. The summed E-state index contributed by atoms with van der Waals surface area (Å²) in [6.45, 7) is 1.93. The number of nitrogens with zero attached hydrogens (tertiary/aromatic N) is 2. The van der Waals surface area contributed by atoms with Crippen LogP contribution in [0.2, 0.25) is 0 Å². The molecule has 1 aromatic heterocycles. The number of carbonyl (C=O) groups is 3. The van der Waals surface area contributed by atoms with Crippen LogP contribution in [0, 0.1) is 0 Å². The molecule has 29 heavy (non-hydrogen) atoms. The highest BCUT2D eigenvalue weighted by Gasteiger charge is 2.16. The van der Waals surface area contributed by atoms with E-state index in [9.17, 15) is 14.4 Å². The molecule has 1 heterocycles. The molecule has 0 spiro atoms. The van der Waals surface area contributed by atoms with Crippen LogP contribution in [-0.2, 0) is 6.54 Å². The first-order valence-electron chi connectivity index (χ1n) is 9.12. The number of carbonyl (C=O) groups excluding carboxylic acids is 3. The van der Waals surface area contributed by atoms with E-state index < -0.39 is 0 Å². The lowest BCUT2D eigenvalue weighted by atomic mass is 10.1. The van der Waals surface area contributed by atoms with Gasteiger partial charge in [-0.3, -0.25) is 19.4 Å². The van der Waals surface area contributed by atoms with Crippen LogP contribution in [-0.4, -0.2) is 34.5 Å². The molecule has 0 saturated carbocycles. The summed E-state index contributed by atoms with van der Waals surface area (Å²) in [4.78, 5) is 42.2. The number of aromatic nitrogens is 1. The number of rotatable bonds is 6. The zero-order valence-corrected chi connectivity index (χ0v) is 16.3. The summed E-state index contributed by atoms with van der Waals surface area (Å²) in [5, 5.41) is 2.76. The Balaban J connectivity index is 1.70. The van der Waals surface area contributed by atoms with E-state index >= 15 is 0 Å². The molecule has 3 rings (SSSR count). The molecule has 146 valence electrons. The van der Waals surface area contributed by atoms with Crippen molar-refractivity contribution in [3.05, 3.63) is 95.3 Å². The Hall–Kier alpha value is -3.80. The monoisotopic (exact) mass is 387 g/mol. The van der Waals surface area contributed by atoms with Crippen LogP contribution in [0.4, 0.5) is 5.69 Å². The lowest BCUT2D eigenvalue weighted by Crippen LogP contribution is -2.27. The van der Waals surface area contributed by atoms with E-state index in [0.717, 1.165) is 5.56 Å². The molecule has 3 aromatic rings. The van der Waals surface area contributed by atoms with Crippen LogP contribution < -0.4 is 5.32 Å². The fourth-order valence-corrected chi connectivity index (χ4v) is 2.80. The summed E-state index contributed by atoms with van der Waals surface area (Å²) < 4.78 is 0. The van der Waals surface area contributed by atoms with Crippen molar-refractivity contribution in [1.29, 1.82) is 0 Å². The quantitative estimate of drug-likeness (QED) is 0.653. The highest BCUT2D eigenvalue weighted by atomic mass is 16.2. The van der Waals surface area contributed by atoms with E-state index in [0.29, 0.717) is 23.4 Å². The molecule has 2 aromatic carbocycles. The third-order valence-electron chi connectivity index (χ3n) is 4.40. The smallest absolute Gasteiger partial charge is 0.272 e. The van der Waals surface area contributed by atoms with Gasteiger partial charge >= 0.3 is 0 Å². The predicted molar refractivity (Wildman–Crippen MR) is 111 cm³/mol. The third-order valence-corrected chi connectivity index (χ3v) is 4.40. The van der Waals surface area contributed by atoms with E-state index in [-0.39, 0.29) is 23.3 Å². The molecule has 2 amide bonds. The molecule has 0 unspecified atom stereocenters. The van der Waals surface area contributed by atoms with Gasteiger partial charge in [-0.1, -0.05) is 30.3 Å². The van der Waals surface area contributed by atoms with Crippen molar-refractivity contribution in [2.75, 3.05) is 12.4 Å². The largest absolute Gasteiger partial charge is 0.336 e. The second-order valence-electron chi connectivity index (χ2n) is 6.66. The number of benzene rings is 2. The minimum atomic E-state index is -0.359. The van der Waals surface area contributed by atoms with E-state index in [1.54, 1.807) is 42.3 Å². The van der Waals surface area contributed by atoms with Crippen LogP contribution in [0.25, 0.3) is 0 Å². The summed E-state index contributed by atoms with van der Waals surface area (Å²) in [5.74, 6) is -0.670. The summed E-state index contributed by atoms with van der Waals surface area (Å²) >= 11 is 0. The number of hydrogen-bond donors (Lipinski definition) is 1. The molecule has 0 bridgehead atoms. The predicted octanol–water partition coefficient (Wildman–Crippen LogP) is 3.81. The number of hydrogen-bond acceptors (Lipinski definition) is 4. The minimum Gasteiger partial charge on any atom is -0.336 e. The molecular weight excluding hydrogens is 366 g/mol. The van der Waals surface area contributed by atoms with Crippen LogP contribution in [0.1, 0.15) is 43.7 Å². The van der Waals surface area contributed by atoms with Gasteiger partial charge in [-0.2, -0.15) is 0 Å². The molecule has 6 heteroatoms. The molecule has 1 N–H and O–H groups in total. The number of amides is 2. The Bertz CT molecular complexity index is 1030. The Morgan fingerprint density at radius 3 is 2.28 bits per heavy atom. The van der Waals surface area contributed by atoms with Crippen LogP contribution in [0.5, 0.6) is 0 Å². The van der Waals surface area contributed by atoms with Gasteiger partial charge in [0.25, 0.3) is 11.8 Å². The van der Waals surface area contributed by atoms with Crippen molar-refractivity contribution < 1.29 is 14.4 Å². The number of ketones is 1. The Morgan fingerprint density at radius 2 is 1.62 bits per heavy atom. The average molecular weight is 387 g/mol. The molecule has 0 aliphatic carbocycles. The lowest BCUT2D eigenvalue weighted by Gasteiger charge is -2.17. The molecule has 0 aliphatic heterocycles. The molecule has 0 fully saturated rings. The first-order chi connectivity index (χ1) is 13.9. The van der Waals surface area contributed by atoms with Crippen LogP contribution in [0.3, 0.4) is 0 Å². The van der Waals surface area contributed by atoms with Gasteiger partial charge < -0.3 is 10.2 Å². The number of nitrogens with one attached hydrogen (secondary N) is 1. The van der Waals surface area contributed by atoms with Gasteiger partial charge in [0.2, 0.25) is 0 Å². The highest BCUT2D eigenvalue weighted by Crippen LogP contribution is 2.13. The van der Waals surface area contributed by atoms with Crippen molar-refractivity contribution in [3.63, 3.8) is 0 Å². The minimum absolute atomic E-state index is 0.0419. The maximum absolute atomic E-state index is 12.7. The zero-order chi connectivity index (χ0) is 20.8. The normalized spacial score (nSPS) is 10.3. The second-order valence-corrected chi connectivity index (χ2v) is 6.66. The Morgan fingerprint density at radius 1 is 0.931 bits per heavy atom. The Labute approximate surface area is 169 Å². The summed E-state index contributed by atoms with van der Waals surface area (Å²) in [5.41, 5.74) is 2.66. The first-order valence-corrected chi connectivity index (χ1v) is 9.12. The maximum Gasteiger partial charge on any atom is 0.272 e. The summed E-state index contributed by atoms with van der Waals surface area (Å²) in [6, 6.07) is 19.3. The van der Waals surface area contributed by atoms with Gasteiger partial charge in [0.05, 0.1) is 0 Å². The number of anilines is 1.